The number of unbranched alkanes of at least 4 members (excludes halogenated alkanes) is 1. The summed E-state index contributed by atoms with van der Waals surface area (Å²) in [6.45, 7) is 4.41. The van der Waals surface area contributed by atoms with Gasteiger partial charge in [-0.2, -0.15) is 13.2 Å². The molecule has 0 unspecified atom stereocenters. The van der Waals surface area contributed by atoms with Gasteiger partial charge < -0.3 is 9.84 Å². The summed E-state index contributed by atoms with van der Waals surface area (Å²) >= 11 is 1.29. The molecule has 0 spiro atoms. The average molecular weight is 490 g/mol. The van der Waals surface area contributed by atoms with Crippen molar-refractivity contribution in [2.24, 2.45) is 0 Å². The second kappa shape index (κ2) is 11.4. The molecule has 8 heteroatoms. The van der Waals surface area contributed by atoms with Crippen molar-refractivity contribution in [3.05, 3.63) is 77.0 Å². The standard InChI is InChI=1S/C26H26F3NO3S/c1-17-15-22(11-13-24(17)34-16-25(31)32)33-14-4-3-5-19-8-12-23(30-18(19)2)20-6-9-21(10-7-20)26(27,28)29/h6-13,15H,3-5,14,16H2,1-2H3,(H,31,32). The van der Waals surface area contributed by atoms with Crippen molar-refractivity contribution in [1.82, 2.24) is 4.98 Å². The fourth-order valence-electron chi connectivity index (χ4n) is 3.47. The van der Waals surface area contributed by atoms with E-state index in [9.17, 15) is 18.0 Å². The third-order valence-electron chi connectivity index (χ3n) is 5.31. The summed E-state index contributed by atoms with van der Waals surface area (Å²) in [7, 11) is 0. The third-order valence-corrected chi connectivity index (χ3v) is 6.47. The lowest BCUT2D eigenvalue weighted by molar-refractivity contribution is -0.137. The first-order valence-corrected chi connectivity index (χ1v) is 11.8. The second-order valence-electron chi connectivity index (χ2n) is 7.93. The van der Waals surface area contributed by atoms with Crippen LogP contribution in [0.25, 0.3) is 11.3 Å². The Labute approximate surface area is 201 Å². The van der Waals surface area contributed by atoms with E-state index in [0.29, 0.717) is 17.9 Å². The molecule has 0 radical (unpaired) electrons. The van der Waals surface area contributed by atoms with Crippen molar-refractivity contribution in [3.8, 4) is 17.0 Å². The number of aromatic nitrogens is 1. The zero-order valence-electron chi connectivity index (χ0n) is 19.0. The van der Waals surface area contributed by atoms with Crippen LogP contribution in [-0.4, -0.2) is 28.4 Å². The molecule has 34 heavy (non-hydrogen) atoms. The predicted molar refractivity (Wildman–Crippen MR) is 127 cm³/mol. The Morgan fingerprint density at radius 2 is 1.76 bits per heavy atom. The minimum Gasteiger partial charge on any atom is -0.494 e. The Balaban J connectivity index is 1.47. The number of carboxylic acid groups (broad SMARTS) is 1. The van der Waals surface area contributed by atoms with E-state index < -0.39 is 17.7 Å². The van der Waals surface area contributed by atoms with Gasteiger partial charge in [-0.3, -0.25) is 9.78 Å². The van der Waals surface area contributed by atoms with E-state index in [4.69, 9.17) is 9.84 Å². The van der Waals surface area contributed by atoms with Gasteiger partial charge in [-0.15, -0.1) is 11.8 Å². The largest absolute Gasteiger partial charge is 0.494 e. The summed E-state index contributed by atoms with van der Waals surface area (Å²) < 4.78 is 44.1. The Morgan fingerprint density at radius 1 is 1.03 bits per heavy atom. The number of carboxylic acids is 1. The number of alkyl halides is 3. The molecule has 0 aliphatic heterocycles. The summed E-state index contributed by atoms with van der Waals surface area (Å²) in [4.78, 5) is 16.2. The maximum atomic E-state index is 12.8. The number of rotatable bonds is 10. The lowest BCUT2D eigenvalue weighted by Gasteiger charge is -2.11. The smallest absolute Gasteiger partial charge is 0.416 e. The van der Waals surface area contributed by atoms with E-state index in [1.165, 1.54) is 23.9 Å². The second-order valence-corrected chi connectivity index (χ2v) is 8.95. The van der Waals surface area contributed by atoms with Crippen LogP contribution in [0.3, 0.4) is 0 Å². The molecule has 0 fully saturated rings. The summed E-state index contributed by atoms with van der Waals surface area (Å²) in [5.41, 5.74) is 3.58. The Kier molecular flexibility index (Phi) is 8.61. The molecule has 3 rings (SSSR count). The van der Waals surface area contributed by atoms with E-state index in [1.54, 1.807) is 0 Å². The van der Waals surface area contributed by atoms with Crippen molar-refractivity contribution in [3.63, 3.8) is 0 Å². The zero-order valence-corrected chi connectivity index (χ0v) is 19.8. The molecular weight excluding hydrogens is 463 g/mol. The Hall–Kier alpha value is -3.00. The van der Waals surface area contributed by atoms with Gasteiger partial charge in [-0.25, -0.2) is 0 Å². The first kappa shape index (κ1) is 25.6. The van der Waals surface area contributed by atoms with Gasteiger partial charge in [0.1, 0.15) is 5.75 Å². The van der Waals surface area contributed by atoms with Crippen LogP contribution >= 0.6 is 11.8 Å². The predicted octanol–water partition coefficient (Wildman–Crippen LogP) is 6.96. The third kappa shape index (κ3) is 7.25. The molecule has 4 nitrogen and oxygen atoms in total. The van der Waals surface area contributed by atoms with E-state index >= 15 is 0 Å². The van der Waals surface area contributed by atoms with E-state index in [1.807, 2.05) is 44.2 Å². The molecule has 0 saturated carbocycles. The van der Waals surface area contributed by atoms with E-state index in [2.05, 4.69) is 4.98 Å². The van der Waals surface area contributed by atoms with Crippen LogP contribution in [0, 0.1) is 13.8 Å². The van der Waals surface area contributed by atoms with Crippen molar-refractivity contribution in [1.29, 1.82) is 0 Å². The van der Waals surface area contributed by atoms with Gasteiger partial charge in [0.2, 0.25) is 0 Å². The van der Waals surface area contributed by atoms with Gasteiger partial charge in [0.25, 0.3) is 0 Å². The SMILES string of the molecule is Cc1cc(OCCCCc2ccc(-c3ccc(C(F)(F)F)cc3)nc2C)ccc1SCC(=O)O. The summed E-state index contributed by atoms with van der Waals surface area (Å²) in [6.07, 6.45) is -1.75. The van der Waals surface area contributed by atoms with Crippen LogP contribution in [0.2, 0.25) is 0 Å². The summed E-state index contributed by atoms with van der Waals surface area (Å²) in [5.74, 6) is -0.0546. The number of carbonyl (C=O) groups is 1. The molecule has 180 valence electrons. The van der Waals surface area contributed by atoms with Crippen molar-refractivity contribution in [2.45, 2.75) is 44.2 Å². The van der Waals surface area contributed by atoms with Gasteiger partial charge in [0.05, 0.1) is 23.6 Å². The van der Waals surface area contributed by atoms with Gasteiger partial charge in [-0.1, -0.05) is 18.2 Å². The molecule has 0 saturated heterocycles. The van der Waals surface area contributed by atoms with E-state index in [0.717, 1.165) is 58.9 Å². The fourth-order valence-corrected chi connectivity index (χ4v) is 4.20. The highest BCUT2D eigenvalue weighted by Crippen LogP contribution is 2.31. The zero-order chi connectivity index (χ0) is 24.7. The van der Waals surface area contributed by atoms with E-state index in [-0.39, 0.29) is 5.75 Å². The van der Waals surface area contributed by atoms with Gasteiger partial charge >= 0.3 is 12.1 Å². The normalized spacial score (nSPS) is 11.4. The average Bonchev–Trinajstić information content (AvgIpc) is 2.78. The number of aliphatic carboxylic acids is 1. The molecule has 1 aromatic heterocycles. The lowest BCUT2D eigenvalue weighted by Crippen LogP contribution is -2.04. The number of pyridine rings is 1. The van der Waals surface area contributed by atoms with Gasteiger partial charge in [0.15, 0.2) is 0 Å². The maximum Gasteiger partial charge on any atom is 0.416 e. The molecule has 0 aliphatic carbocycles. The maximum absolute atomic E-state index is 12.8. The molecule has 1 heterocycles. The van der Waals surface area contributed by atoms with Crippen LogP contribution in [0.4, 0.5) is 13.2 Å². The first-order valence-electron chi connectivity index (χ1n) is 10.9. The summed E-state index contributed by atoms with van der Waals surface area (Å²) in [6, 6.07) is 14.5. The number of ether oxygens (including phenoxy) is 1. The molecular formula is C26H26F3NO3S. The first-order chi connectivity index (χ1) is 16.1. The molecule has 0 aliphatic rings. The number of nitrogens with zero attached hydrogens (tertiary/aromatic N) is 1. The van der Waals surface area contributed by atoms with Gasteiger partial charge in [0, 0.05) is 16.2 Å². The Bertz CT molecular complexity index is 1130. The number of hydrogen-bond donors (Lipinski definition) is 1. The molecule has 3 aromatic rings. The van der Waals surface area contributed by atoms with Crippen molar-refractivity contribution < 1.29 is 27.8 Å². The van der Waals surface area contributed by atoms with Crippen LogP contribution < -0.4 is 4.74 Å². The molecule has 2 aromatic carbocycles. The number of benzene rings is 2. The van der Waals surface area contributed by atoms with Crippen LogP contribution in [0.5, 0.6) is 5.75 Å². The number of aryl methyl sites for hydroxylation is 3. The monoisotopic (exact) mass is 489 g/mol. The lowest BCUT2D eigenvalue weighted by atomic mass is 10.0. The van der Waals surface area contributed by atoms with Crippen LogP contribution in [0.1, 0.15) is 35.2 Å². The molecule has 1 N–H and O–H groups in total. The fraction of sp³-hybridized carbons (Fsp3) is 0.308. The molecule has 0 bridgehead atoms. The topological polar surface area (TPSA) is 59.4 Å². The van der Waals surface area contributed by atoms with Crippen molar-refractivity contribution >= 4 is 17.7 Å². The number of hydrogen-bond acceptors (Lipinski definition) is 4. The molecule has 0 amide bonds. The minimum absolute atomic E-state index is 0.0284. The van der Waals surface area contributed by atoms with Gasteiger partial charge in [-0.05, 0) is 80.6 Å². The highest BCUT2D eigenvalue weighted by atomic mass is 32.2. The summed E-state index contributed by atoms with van der Waals surface area (Å²) in [5, 5.41) is 8.80. The van der Waals surface area contributed by atoms with Crippen LogP contribution in [-0.2, 0) is 17.4 Å². The highest BCUT2D eigenvalue weighted by molar-refractivity contribution is 8.00. The quantitative estimate of drug-likeness (QED) is 0.246. The number of thioether (sulfide) groups is 1. The van der Waals surface area contributed by atoms with Crippen LogP contribution in [0.15, 0.2) is 59.5 Å². The molecule has 0 atom stereocenters. The highest BCUT2D eigenvalue weighted by Gasteiger charge is 2.30. The number of halogens is 3. The Morgan fingerprint density at radius 3 is 2.38 bits per heavy atom. The van der Waals surface area contributed by atoms with Crippen molar-refractivity contribution in [2.75, 3.05) is 12.4 Å². The minimum atomic E-state index is -4.35.